The van der Waals surface area contributed by atoms with Crippen LogP contribution in [0.4, 0.5) is 4.79 Å². The Kier molecular flexibility index (Phi) is 7.77. The maximum Gasteiger partial charge on any atom is 0.404 e. The van der Waals surface area contributed by atoms with Crippen molar-refractivity contribution in [3.05, 3.63) is 33.7 Å². The summed E-state index contributed by atoms with van der Waals surface area (Å²) in [5, 5.41) is 21.8. The van der Waals surface area contributed by atoms with Gasteiger partial charge in [-0.25, -0.2) is 9.59 Å². The van der Waals surface area contributed by atoms with Crippen molar-refractivity contribution >= 4 is 23.0 Å². The second kappa shape index (κ2) is 10.2. The second-order valence-corrected chi connectivity index (χ2v) is 10.3. The first-order chi connectivity index (χ1) is 17.1. The van der Waals surface area contributed by atoms with Gasteiger partial charge in [0.1, 0.15) is 28.8 Å². The number of fused-ring (bicyclic) bond motifs is 1. The van der Waals surface area contributed by atoms with Crippen molar-refractivity contribution in [3.8, 4) is 11.5 Å². The molecule has 1 aliphatic rings. The average molecular weight is 524 g/mol. The van der Waals surface area contributed by atoms with E-state index in [2.05, 4.69) is 0 Å². The number of aliphatic hydroxyl groups is 1. The number of hydrogen-bond acceptors (Lipinski definition) is 11. The molecule has 0 aliphatic carbocycles. The van der Waals surface area contributed by atoms with E-state index in [0.717, 1.165) is 0 Å². The van der Waals surface area contributed by atoms with Gasteiger partial charge in [-0.1, -0.05) is 0 Å². The van der Waals surface area contributed by atoms with Crippen LogP contribution < -0.4 is 16.1 Å². The first-order valence-corrected chi connectivity index (χ1v) is 11.6. The van der Waals surface area contributed by atoms with E-state index in [9.17, 15) is 24.6 Å². The quantitative estimate of drug-likeness (QED) is 0.373. The summed E-state index contributed by atoms with van der Waals surface area (Å²) in [5.41, 5.74) is 2.51. The number of carbonyl (C=O) groups excluding carboxylic acids is 2. The van der Waals surface area contributed by atoms with Crippen LogP contribution in [0.3, 0.4) is 0 Å². The van der Waals surface area contributed by atoms with Crippen LogP contribution in [0.5, 0.6) is 11.5 Å². The topological polar surface area (TPSA) is 177 Å². The summed E-state index contributed by atoms with van der Waals surface area (Å²) in [6, 6.07) is 2.91. The Labute approximate surface area is 213 Å². The number of hydrogen-bond donors (Lipinski definition) is 3. The van der Waals surface area contributed by atoms with Gasteiger partial charge < -0.3 is 44.0 Å². The van der Waals surface area contributed by atoms with Crippen molar-refractivity contribution in [2.24, 2.45) is 5.73 Å². The van der Waals surface area contributed by atoms with Crippen LogP contribution in [0.25, 0.3) is 11.0 Å². The Morgan fingerprint density at radius 3 is 2.43 bits per heavy atom. The van der Waals surface area contributed by atoms with Gasteiger partial charge in [-0.3, -0.25) is 4.79 Å². The van der Waals surface area contributed by atoms with Crippen molar-refractivity contribution < 1.29 is 47.9 Å². The maximum absolute atomic E-state index is 12.6. The normalized spacial score (nSPS) is 23.5. The predicted octanol–water partition coefficient (Wildman–Crippen LogP) is 2.04. The Balaban J connectivity index is 1.95. The molecule has 12 heteroatoms. The average Bonchev–Trinajstić information content (AvgIpc) is 2.75. The molecule has 1 saturated heterocycles. The number of nitrogens with two attached hydrogens (primary N) is 1. The molecule has 1 aromatic carbocycles. The summed E-state index contributed by atoms with van der Waals surface area (Å²) in [7, 11) is 1.38. The third-order valence-corrected chi connectivity index (χ3v) is 5.85. The van der Waals surface area contributed by atoms with Crippen molar-refractivity contribution in [2.45, 2.75) is 83.8 Å². The predicted molar refractivity (Wildman–Crippen MR) is 129 cm³/mol. The lowest BCUT2D eigenvalue weighted by atomic mass is 9.89. The van der Waals surface area contributed by atoms with E-state index < -0.39 is 65.7 Å². The number of aliphatic hydroxyl groups excluding tert-OH is 1. The minimum absolute atomic E-state index is 0.0113. The molecule has 204 valence electrons. The van der Waals surface area contributed by atoms with Gasteiger partial charge in [0, 0.05) is 12.7 Å². The molecule has 0 bridgehead atoms. The number of aromatic hydroxyl groups is 1. The molecule has 4 atom stereocenters. The van der Waals surface area contributed by atoms with Crippen LogP contribution in [0.15, 0.2) is 21.3 Å². The van der Waals surface area contributed by atoms with Crippen LogP contribution in [0.2, 0.25) is 0 Å². The summed E-state index contributed by atoms with van der Waals surface area (Å²) < 4.78 is 32.9. The number of aryl methyl sites for hydroxylation is 1. The first-order valence-electron chi connectivity index (χ1n) is 11.6. The Bertz CT molecular complexity index is 1240. The van der Waals surface area contributed by atoms with Gasteiger partial charge >= 0.3 is 17.7 Å². The van der Waals surface area contributed by atoms with Crippen molar-refractivity contribution in [2.75, 3.05) is 7.11 Å². The summed E-state index contributed by atoms with van der Waals surface area (Å²) >= 11 is 0. The van der Waals surface area contributed by atoms with Gasteiger partial charge in [-0.15, -0.1) is 0 Å². The summed E-state index contributed by atoms with van der Waals surface area (Å²) in [6.07, 6.45) is -6.45. The molecule has 0 unspecified atom stereocenters. The Morgan fingerprint density at radius 1 is 1.22 bits per heavy atom. The summed E-state index contributed by atoms with van der Waals surface area (Å²) in [5.74, 6) is -0.956. The maximum atomic E-state index is 12.6. The van der Waals surface area contributed by atoms with Crippen LogP contribution in [-0.4, -0.2) is 65.2 Å². The molecule has 2 aromatic rings. The number of amides is 1. The van der Waals surface area contributed by atoms with Gasteiger partial charge in [0.2, 0.25) is 6.29 Å². The smallest absolute Gasteiger partial charge is 0.404 e. The van der Waals surface area contributed by atoms with E-state index in [-0.39, 0.29) is 22.3 Å². The third kappa shape index (κ3) is 5.97. The van der Waals surface area contributed by atoms with Gasteiger partial charge in [-0.05, 0) is 53.7 Å². The van der Waals surface area contributed by atoms with Crippen molar-refractivity contribution in [1.29, 1.82) is 0 Å². The molecule has 1 aliphatic heterocycles. The highest BCUT2D eigenvalue weighted by atomic mass is 16.7. The second-order valence-electron chi connectivity index (χ2n) is 10.3. The van der Waals surface area contributed by atoms with E-state index in [1.54, 1.807) is 41.5 Å². The van der Waals surface area contributed by atoms with E-state index in [1.165, 1.54) is 19.2 Å². The fraction of sp³-hybridized carbons (Fsp3) is 0.560. The van der Waals surface area contributed by atoms with Crippen LogP contribution in [0, 0.1) is 6.92 Å². The number of benzene rings is 1. The lowest BCUT2D eigenvalue weighted by molar-refractivity contribution is -0.304. The van der Waals surface area contributed by atoms with Crippen molar-refractivity contribution in [1.82, 2.24) is 0 Å². The number of primary amides is 1. The highest BCUT2D eigenvalue weighted by Crippen LogP contribution is 2.37. The highest BCUT2D eigenvalue weighted by Gasteiger charge is 2.53. The number of rotatable bonds is 6. The zero-order chi connectivity index (χ0) is 27.9. The van der Waals surface area contributed by atoms with Gasteiger partial charge in [0.25, 0.3) is 0 Å². The number of carbonyl (C=O) groups is 2. The fourth-order valence-electron chi connectivity index (χ4n) is 4.28. The molecule has 12 nitrogen and oxygen atoms in total. The molecule has 0 saturated carbocycles. The zero-order valence-electron chi connectivity index (χ0n) is 21.8. The molecule has 4 N–H and O–H groups in total. The molecule has 1 amide bonds. The zero-order valence-corrected chi connectivity index (χ0v) is 21.8. The first kappa shape index (κ1) is 28.2. The molecule has 37 heavy (non-hydrogen) atoms. The molecule has 1 aromatic heterocycles. The fourth-order valence-corrected chi connectivity index (χ4v) is 4.28. The van der Waals surface area contributed by atoms with Gasteiger partial charge in [0.05, 0.1) is 23.0 Å². The Morgan fingerprint density at radius 2 is 1.86 bits per heavy atom. The third-order valence-electron chi connectivity index (χ3n) is 5.85. The monoisotopic (exact) mass is 523 g/mol. The SMILES string of the molecule is CO[C@@H]1[C@@H](OC(N)=O)[C@@H](O)[C@H](Oc2ccc3c(O)c(CC(=O)OC(C)(C)C)c(=O)oc3c2C)OC1(C)C. The molecule has 1 fully saturated rings. The summed E-state index contributed by atoms with van der Waals surface area (Å²) in [6.45, 7) is 9.95. The van der Waals surface area contributed by atoms with Crippen LogP contribution >= 0.6 is 0 Å². The number of esters is 1. The van der Waals surface area contributed by atoms with Crippen molar-refractivity contribution in [3.63, 3.8) is 0 Å². The highest BCUT2D eigenvalue weighted by molar-refractivity contribution is 5.89. The lowest BCUT2D eigenvalue weighted by Crippen LogP contribution is -2.65. The van der Waals surface area contributed by atoms with E-state index in [4.69, 9.17) is 33.8 Å². The number of methoxy groups -OCH3 is 1. The van der Waals surface area contributed by atoms with E-state index in [1.807, 2.05) is 0 Å². The standard InChI is InChI=1S/C25H33NO11/c1-11-14(33-22-17(29)19(35-23(26)31)20(32-7)25(5,6)37-22)9-8-12-16(28)13(21(30)34-18(11)12)10-15(27)36-24(2,3)4/h8-9,17,19-20,22,28-29H,10H2,1-7H3,(H2,26,31)/t17-,19+,20-,22-/m1/s1. The molecular weight excluding hydrogens is 490 g/mol. The minimum Gasteiger partial charge on any atom is -0.507 e. The molecule has 0 radical (unpaired) electrons. The lowest BCUT2D eigenvalue weighted by Gasteiger charge is -2.47. The van der Waals surface area contributed by atoms with Crippen LogP contribution in [0.1, 0.15) is 45.7 Å². The van der Waals surface area contributed by atoms with Gasteiger partial charge in [-0.2, -0.15) is 0 Å². The van der Waals surface area contributed by atoms with E-state index in [0.29, 0.717) is 5.56 Å². The molecule has 0 spiro atoms. The largest absolute Gasteiger partial charge is 0.507 e. The molecule has 3 rings (SSSR count). The summed E-state index contributed by atoms with van der Waals surface area (Å²) in [4.78, 5) is 36.3. The van der Waals surface area contributed by atoms with E-state index >= 15 is 0 Å². The van der Waals surface area contributed by atoms with Crippen LogP contribution in [-0.2, 0) is 30.2 Å². The minimum atomic E-state index is -1.49. The molecule has 2 heterocycles. The number of ether oxygens (including phenoxy) is 5. The Hall–Kier alpha value is -3.35. The molecular formula is C25H33NO11. The van der Waals surface area contributed by atoms with Gasteiger partial charge in [0.15, 0.2) is 12.2 Å².